The van der Waals surface area contributed by atoms with Crippen LogP contribution in [-0.4, -0.2) is 16.2 Å². The Kier molecular flexibility index (Phi) is 2.97. The fourth-order valence-electron chi connectivity index (χ4n) is 1.60. The summed E-state index contributed by atoms with van der Waals surface area (Å²) in [7, 11) is 0. The van der Waals surface area contributed by atoms with Gasteiger partial charge >= 0.3 is 0 Å². The van der Waals surface area contributed by atoms with Gasteiger partial charge in [-0.25, -0.2) is 4.98 Å². The zero-order chi connectivity index (χ0) is 12.3. The lowest BCUT2D eigenvalue weighted by atomic mass is 10.2. The van der Waals surface area contributed by atoms with Crippen LogP contribution in [0.5, 0.6) is 5.75 Å². The molecule has 0 atom stereocenters. The molecule has 0 fully saturated rings. The molecule has 0 amide bonds. The van der Waals surface area contributed by atoms with Gasteiger partial charge in [-0.1, -0.05) is 6.07 Å². The van der Waals surface area contributed by atoms with Crippen LogP contribution in [0.1, 0.15) is 12.7 Å². The molecule has 1 heterocycles. The minimum Gasteiger partial charge on any atom is -0.492 e. The van der Waals surface area contributed by atoms with Gasteiger partial charge in [-0.15, -0.1) is 0 Å². The van der Waals surface area contributed by atoms with E-state index in [9.17, 15) is 0 Å². The molecule has 2 N–H and O–H groups in total. The topological polar surface area (TPSA) is 76.9 Å². The highest BCUT2D eigenvalue weighted by Crippen LogP contribution is 2.28. The molecule has 0 saturated carbocycles. The molecule has 5 nitrogen and oxygen atoms in total. The van der Waals surface area contributed by atoms with E-state index in [0.29, 0.717) is 29.6 Å². The van der Waals surface area contributed by atoms with E-state index in [-0.39, 0.29) is 0 Å². The minimum absolute atomic E-state index is 0.297. The summed E-state index contributed by atoms with van der Waals surface area (Å²) in [5.41, 5.74) is 7.20. The van der Waals surface area contributed by atoms with Gasteiger partial charge in [0.05, 0.1) is 18.0 Å². The lowest BCUT2D eigenvalue weighted by Crippen LogP contribution is -2.04. The van der Waals surface area contributed by atoms with Gasteiger partial charge in [-0.05, 0) is 19.1 Å². The van der Waals surface area contributed by atoms with Crippen molar-refractivity contribution in [1.29, 1.82) is 5.26 Å². The number of imidazole rings is 1. The maximum atomic E-state index is 8.93. The van der Waals surface area contributed by atoms with Gasteiger partial charge in [-0.3, -0.25) is 4.57 Å². The van der Waals surface area contributed by atoms with Crippen molar-refractivity contribution in [2.24, 2.45) is 0 Å². The molecule has 0 spiro atoms. The van der Waals surface area contributed by atoms with E-state index in [1.807, 2.05) is 25.1 Å². The van der Waals surface area contributed by atoms with Gasteiger partial charge in [0.2, 0.25) is 5.82 Å². The number of rotatable bonds is 3. The summed E-state index contributed by atoms with van der Waals surface area (Å²) in [6.07, 6.45) is 3.26. The number of hydrogen-bond donors (Lipinski definition) is 1. The number of nitriles is 1. The van der Waals surface area contributed by atoms with Gasteiger partial charge in [0.1, 0.15) is 11.8 Å². The number of benzene rings is 1. The molecular weight excluding hydrogens is 216 g/mol. The first-order valence-electron chi connectivity index (χ1n) is 5.23. The monoisotopic (exact) mass is 228 g/mol. The molecule has 17 heavy (non-hydrogen) atoms. The fraction of sp³-hybridized carbons (Fsp3) is 0.167. The molecule has 5 heteroatoms. The second-order valence-corrected chi connectivity index (χ2v) is 3.35. The molecule has 0 aliphatic rings. The number of hydrogen-bond acceptors (Lipinski definition) is 4. The van der Waals surface area contributed by atoms with Crippen molar-refractivity contribution in [3.63, 3.8) is 0 Å². The highest BCUT2D eigenvalue weighted by Gasteiger charge is 2.10. The normalized spacial score (nSPS) is 9.88. The van der Waals surface area contributed by atoms with Gasteiger partial charge < -0.3 is 10.5 Å². The summed E-state index contributed by atoms with van der Waals surface area (Å²) in [6, 6.07) is 7.46. The largest absolute Gasteiger partial charge is 0.492 e. The van der Waals surface area contributed by atoms with E-state index in [4.69, 9.17) is 15.7 Å². The van der Waals surface area contributed by atoms with Crippen LogP contribution >= 0.6 is 0 Å². The predicted molar refractivity (Wildman–Crippen MR) is 63.9 cm³/mol. The number of para-hydroxylation sites is 1. The predicted octanol–water partition coefficient (Wildman–Crippen LogP) is 1.72. The lowest BCUT2D eigenvalue weighted by molar-refractivity contribution is 0.342. The third kappa shape index (κ3) is 1.93. The summed E-state index contributed by atoms with van der Waals surface area (Å²) in [5.74, 6) is 0.910. The number of nitrogens with zero attached hydrogens (tertiary/aromatic N) is 3. The Morgan fingerprint density at radius 3 is 3.06 bits per heavy atom. The smallest absolute Gasteiger partial charge is 0.217 e. The zero-order valence-electron chi connectivity index (χ0n) is 9.42. The lowest BCUT2D eigenvalue weighted by Gasteiger charge is -2.12. The summed E-state index contributed by atoms with van der Waals surface area (Å²) in [5, 5.41) is 8.93. The third-order valence-corrected chi connectivity index (χ3v) is 2.34. The molecule has 0 unspecified atom stereocenters. The van der Waals surface area contributed by atoms with Crippen LogP contribution in [0.15, 0.2) is 30.6 Å². The number of nitrogen functional groups attached to an aromatic ring is 1. The van der Waals surface area contributed by atoms with Gasteiger partial charge in [0.15, 0.2) is 0 Å². The second kappa shape index (κ2) is 4.58. The first-order chi connectivity index (χ1) is 8.27. The zero-order valence-corrected chi connectivity index (χ0v) is 9.42. The van der Waals surface area contributed by atoms with Crippen molar-refractivity contribution in [2.75, 3.05) is 12.3 Å². The van der Waals surface area contributed by atoms with Crippen LogP contribution in [0.2, 0.25) is 0 Å². The molecule has 2 rings (SSSR count). The van der Waals surface area contributed by atoms with Gasteiger partial charge in [-0.2, -0.15) is 5.26 Å². The van der Waals surface area contributed by atoms with Crippen molar-refractivity contribution in [2.45, 2.75) is 6.92 Å². The SMILES string of the molecule is CCOc1cccc(-n2ccnc2C#N)c1N. The van der Waals surface area contributed by atoms with Gasteiger partial charge in [0.25, 0.3) is 0 Å². The molecule has 2 aromatic rings. The number of ether oxygens (including phenoxy) is 1. The van der Waals surface area contributed by atoms with Crippen molar-refractivity contribution in [1.82, 2.24) is 9.55 Å². The van der Waals surface area contributed by atoms with E-state index in [0.717, 1.165) is 0 Å². The molecular formula is C12H12N4O. The van der Waals surface area contributed by atoms with Crippen molar-refractivity contribution >= 4 is 5.69 Å². The van der Waals surface area contributed by atoms with Crippen molar-refractivity contribution in [3.8, 4) is 17.5 Å². The van der Waals surface area contributed by atoms with E-state index < -0.39 is 0 Å². The van der Waals surface area contributed by atoms with Gasteiger partial charge in [0, 0.05) is 12.4 Å². The van der Waals surface area contributed by atoms with E-state index in [1.54, 1.807) is 23.0 Å². The van der Waals surface area contributed by atoms with Crippen molar-refractivity contribution < 1.29 is 4.74 Å². The Hall–Kier alpha value is -2.48. The van der Waals surface area contributed by atoms with Crippen LogP contribution in [0.25, 0.3) is 5.69 Å². The average molecular weight is 228 g/mol. The van der Waals surface area contributed by atoms with E-state index in [2.05, 4.69) is 4.98 Å². The highest BCUT2D eigenvalue weighted by molar-refractivity contribution is 5.67. The number of aromatic nitrogens is 2. The van der Waals surface area contributed by atoms with Crippen LogP contribution in [-0.2, 0) is 0 Å². The summed E-state index contributed by atoms with van der Waals surface area (Å²) >= 11 is 0. The summed E-state index contributed by atoms with van der Waals surface area (Å²) < 4.78 is 7.04. The second-order valence-electron chi connectivity index (χ2n) is 3.35. The Morgan fingerprint density at radius 2 is 2.35 bits per heavy atom. The Balaban J connectivity index is 2.53. The molecule has 0 radical (unpaired) electrons. The molecule has 86 valence electrons. The first-order valence-corrected chi connectivity index (χ1v) is 5.23. The summed E-state index contributed by atoms with van der Waals surface area (Å²) in [6.45, 7) is 2.44. The molecule has 0 aliphatic heterocycles. The van der Waals surface area contributed by atoms with E-state index in [1.165, 1.54) is 0 Å². The number of nitrogens with two attached hydrogens (primary N) is 1. The first kappa shape index (κ1) is 11.0. The molecule has 0 aliphatic carbocycles. The molecule has 0 saturated heterocycles. The molecule has 0 bridgehead atoms. The maximum Gasteiger partial charge on any atom is 0.217 e. The molecule has 1 aromatic carbocycles. The highest BCUT2D eigenvalue weighted by atomic mass is 16.5. The Bertz CT molecular complexity index is 568. The minimum atomic E-state index is 0.297. The fourth-order valence-corrected chi connectivity index (χ4v) is 1.60. The maximum absolute atomic E-state index is 8.93. The van der Waals surface area contributed by atoms with Crippen LogP contribution in [0, 0.1) is 11.3 Å². The Morgan fingerprint density at radius 1 is 1.53 bits per heavy atom. The van der Waals surface area contributed by atoms with E-state index >= 15 is 0 Å². The van der Waals surface area contributed by atoms with Crippen molar-refractivity contribution in [3.05, 3.63) is 36.4 Å². The van der Waals surface area contributed by atoms with Crippen LogP contribution < -0.4 is 10.5 Å². The number of anilines is 1. The summed E-state index contributed by atoms with van der Waals surface area (Å²) in [4.78, 5) is 3.93. The van der Waals surface area contributed by atoms with Crippen LogP contribution in [0.4, 0.5) is 5.69 Å². The average Bonchev–Trinajstić information content (AvgIpc) is 2.80. The Labute approximate surface area is 99.1 Å². The molecule has 1 aromatic heterocycles. The quantitative estimate of drug-likeness (QED) is 0.811. The third-order valence-electron chi connectivity index (χ3n) is 2.34. The standard InChI is InChI=1S/C12H12N4O/c1-2-17-10-5-3-4-9(12(10)14)16-7-6-15-11(16)8-13/h3-7H,2,14H2,1H3. The van der Waals surface area contributed by atoms with Crippen LogP contribution in [0.3, 0.4) is 0 Å².